The Labute approximate surface area is 43.3 Å². The highest BCUT2D eigenvalue weighted by molar-refractivity contribution is 5.02. The van der Waals surface area contributed by atoms with Crippen LogP contribution >= 0.6 is 0 Å². The number of hydrogen-bond donors (Lipinski definition) is 2. The zero-order valence-electron chi connectivity index (χ0n) is 4.52. The maximum atomic E-state index is 8.83. The first-order chi connectivity index (χ1) is 3.15. The Morgan fingerprint density at radius 2 is 2.14 bits per heavy atom. The third kappa shape index (κ3) is 0.763. The summed E-state index contributed by atoms with van der Waals surface area (Å²) in [6.07, 6.45) is 1.67. The molecular weight excluding hydrogens is 90.1 g/mol. The third-order valence-electron chi connectivity index (χ3n) is 1.66. The Morgan fingerprint density at radius 3 is 2.14 bits per heavy atom. The van der Waals surface area contributed by atoms with Crippen LogP contribution in [0.25, 0.3) is 0 Å². The summed E-state index contributed by atoms with van der Waals surface area (Å²) < 4.78 is 0. The molecular formula is C5H11NO. The van der Waals surface area contributed by atoms with Crippen molar-refractivity contribution in [2.45, 2.75) is 31.4 Å². The van der Waals surface area contributed by atoms with E-state index >= 15 is 0 Å². The van der Waals surface area contributed by atoms with Crippen molar-refractivity contribution in [3.05, 3.63) is 0 Å². The number of aliphatic hydroxyl groups is 1. The van der Waals surface area contributed by atoms with Gasteiger partial charge in [0.2, 0.25) is 0 Å². The molecule has 0 amide bonds. The SMILES string of the molecule is CC(O)C1(N)CC1. The van der Waals surface area contributed by atoms with Crippen LogP contribution < -0.4 is 5.73 Å². The van der Waals surface area contributed by atoms with E-state index < -0.39 is 0 Å². The van der Waals surface area contributed by atoms with Crippen LogP contribution in [0.3, 0.4) is 0 Å². The van der Waals surface area contributed by atoms with E-state index in [-0.39, 0.29) is 11.6 Å². The van der Waals surface area contributed by atoms with Gasteiger partial charge in [0.1, 0.15) is 0 Å². The predicted molar refractivity (Wildman–Crippen MR) is 27.8 cm³/mol. The second-order valence-electron chi connectivity index (χ2n) is 2.41. The molecule has 0 heterocycles. The molecule has 3 N–H and O–H groups in total. The lowest BCUT2D eigenvalue weighted by atomic mass is 10.2. The minimum Gasteiger partial charge on any atom is -0.392 e. The summed E-state index contributed by atoms with van der Waals surface area (Å²) in [4.78, 5) is 0. The number of aliphatic hydroxyl groups excluding tert-OH is 1. The van der Waals surface area contributed by atoms with Gasteiger partial charge in [-0.1, -0.05) is 0 Å². The molecule has 0 spiro atoms. The summed E-state index contributed by atoms with van der Waals surface area (Å²) in [5.41, 5.74) is 5.34. The van der Waals surface area contributed by atoms with Gasteiger partial charge >= 0.3 is 0 Å². The Hall–Kier alpha value is -0.0800. The smallest absolute Gasteiger partial charge is 0.0691 e. The molecule has 0 aliphatic heterocycles. The highest BCUT2D eigenvalue weighted by Crippen LogP contribution is 2.35. The Bertz CT molecular complexity index is 76.1. The van der Waals surface area contributed by atoms with Crippen LogP contribution in [0.2, 0.25) is 0 Å². The molecule has 1 fully saturated rings. The van der Waals surface area contributed by atoms with Crippen LogP contribution in [0.4, 0.5) is 0 Å². The number of hydrogen-bond acceptors (Lipinski definition) is 2. The van der Waals surface area contributed by atoms with Crippen molar-refractivity contribution in [3.8, 4) is 0 Å². The Kier molecular flexibility index (Phi) is 0.869. The average molecular weight is 101 g/mol. The van der Waals surface area contributed by atoms with E-state index in [4.69, 9.17) is 10.8 Å². The standard InChI is InChI=1S/C5H11NO/c1-4(7)5(6)2-3-5/h4,7H,2-3,6H2,1H3. The van der Waals surface area contributed by atoms with Crippen LogP contribution in [0.5, 0.6) is 0 Å². The summed E-state index contributed by atoms with van der Waals surface area (Å²) in [6.45, 7) is 1.74. The monoisotopic (exact) mass is 101 g/mol. The molecule has 1 atom stereocenters. The second kappa shape index (κ2) is 1.20. The average Bonchev–Trinajstić information content (AvgIpc) is 2.21. The van der Waals surface area contributed by atoms with Crippen LogP contribution in [-0.4, -0.2) is 16.7 Å². The molecule has 42 valence electrons. The van der Waals surface area contributed by atoms with Gasteiger partial charge in [-0.15, -0.1) is 0 Å². The molecule has 0 aromatic rings. The van der Waals surface area contributed by atoms with Crippen molar-refractivity contribution >= 4 is 0 Å². The molecule has 1 saturated carbocycles. The van der Waals surface area contributed by atoms with Crippen LogP contribution in [0.15, 0.2) is 0 Å². The Morgan fingerprint density at radius 1 is 1.71 bits per heavy atom. The molecule has 2 nitrogen and oxygen atoms in total. The van der Waals surface area contributed by atoms with Gasteiger partial charge in [-0.25, -0.2) is 0 Å². The second-order valence-corrected chi connectivity index (χ2v) is 2.41. The van der Waals surface area contributed by atoms with Crippen molar-refractivity contribution in [3.63, 3.8) is 0 Å². The fourth-order valence-electron chi connectivity index (χ4n) is 0.562. The van der Waals surface area contributed by atoms with Gasteiger partial charge in [0.25, 0.3) is 0 Å². The van der Waals surface area contributed by atoms with Crippen molar-refractivity contribution in [2.24, 2.45) is 5.73 Å². The van der Waals surface area contributed by atoms with Crippen molar-refractivity contribution in [1.82, 2.24) is 0 Å². The Balaban J connectivity index is 2.39. The van der Waals surface area contributed by atoms with E-state index in [0.717, 1.165) is 12.8 Å². The molecule has 7 heavy (non-hydrogen) atoms. The predicted octanol–water partition coefficient (Wildman–Crippen LogP) is -0.142. The van der Waals surface area contributed by atoms with Gasteiger partial charge in [0, 0.05) is 5.54 Å². The van der Waals surface area contributed by atoms with Gasteiger partial charge < -0.3 is 10.8 Å². The van der Waals surface area contributed by atoms with E-state index in [1.165, 1.54) is 0 Å². The lowest BCUT2D eigenvalue weighted by molar-refractivity contribution is 0.153. The molecule has 1 aliphatic carbocycles. The topological polar surface area (TPSA) is 46.2 Å². The van der Waals surface area contributed by atoms with Crippen molar-refractivity contribution in [2.75, 3.05) is 0 Å². The molecule has 0 bridgehead atoms. The molecule has 0 aromatic heterocycles. The fraction of sp³-hybridized carbons (Fsp3) is 1.00. The summed E-state index contributed by atoms with van der Waals surface area (Å²) in [7, 11) is 0. The zero-order chi connectivity index (χ0) is 5.49. The van der Waals surface area contributed by atoms with Crippen LogP contribution in [-0.2, 0) is 0 Å². The van der Waals surface area contributed by atoms with Gasteiger partial charge in [-0.05, 0) is 19.8 Å². The lowest BCUT2D eigenvalue weighted by Gasteiger charge is -2.09. The van der Waals surface area contributed by atoms with E-state index in [1.807, 2.05) is 0 Å². The number of rotatable bonds is 1. The highest BCUT2D eigenvalue weighted by atomic mass is 16.3. The molecule has 0 saturated heterocycles. The first-order valence-electron chi connectivity index (χ1n) is 2.62. The molecule has 1 rings (SSSR count). The van der Waals surface area contributed by atoms with Gasteiger partial charge in [0.15, 0.2) is 0 Å². The minimum atomic E-state index is -0.313. The van der Waals surface area contributed by atoms with E-state index in [9.17, 15) is 0 Å². The van der Waals surface area contributed by atoms with Crippen LogP contribution in [0, 0.1) is 0 Å². The van der Waals surface area contributed by atoms with Gasteiger partial charge in [0.05, 0.1) is 6.10 Å². The first kappa shape index (κ1) is 5.06. The quantitative estimate of drug-likeness (QED) is 0.483. The molecule has 1 unspecified atom stereocenters. The molecule has 0 aromatic carbocycles. The molecule has 0 radical (unpaired) electrons. The summed E-state index contributed by atoms with van der Waals surface area (Å²) in [5, 5.41) is 8.83. The summed E-state index contributed by atoms with van der Waals surface area (Å²) in [6, 6.07) is 0. The van der Waals surface area contributed by atoms with Gasteiger partial charge in [-0.3, -0.25) is 0 Å². The number of nitrogens with two attached hydrogens (primary N) is 1. The fourth-order valence-corrected chi connectivity index (χ4v) is 0.562. The maximum Gasteiger partial charge on any atom is 0.0691 e. The summed E-state index contributed by atoms with van der Waals surface area (Å²) in [5.74, 6) is 0. The summed E-state index contributed by atoms with van der Waals surface area (Å²) >= 11 is 0. The third-order valence-corrected chi connectivity index (χ3v) is 1.66. The molecule has 1 aliphatic rings. The van der Waals surface area contributed by atoms with Crippen LogP contribution in [0.1, 0.15) is 19.8 Å². The molecule has 2 heteroatoms. The van der Waals surface area contributed by atoms with Crippen molar-refractivity contribution in [1.29, 1.82) is 0 Å². The highest BCUT2D eigenvalue weighted by Gasteiger charge is 2.42. The minimum absolute atomic E-state index is 0.194. The van der Waals surface area contributed by atoms with E-state index in [0.29, 0.717) is 0 Å². The normalized spacial score (nSPS) is 29.6. The van der Waals surface area contributed by atoms with Crippen molar-refractivity contribution < 1.29 is 5.11 Å². The lowest BCUT2D eigenvalue weighted by Crippen LogP contribution is -2.34. The largest absolute Gasteiger partial charge is 0.392 e. The first-order valence-corrected chi connectivity index (χ1v) is 2.62. The zero-order valence-corrected chi connectivity index (χ0v) is 4.52. The van der Waals surface area contributed by atoms with Gasteiger partial charge in [-0.2, -0.15) is 0 Å². The van der Waals surface area contributed by atoms with E-state index in [1.54, 1.807) is 6.92 Å². The maximum absolute atomic E-state index is 8.83. The van der Waals surface area contributed by atoms with E-state index in [2.05, 4.69) is 0 Å².